The van der Waals surface area contributed by atoms with Gasteiger partial charge in [0, 0.05) is 24.1 Å². The lowest BCUT2D eigenvalue weighted by atomic mass is 9.88. The maximum absolute atomic E-state index is 13.1. The summed E-state index contributed by atoms with van der Waals surface area (Å²) in [5, 5.41) is 8.24. The van der Waals surface area contributed by atoms with Gasteiger partial charge in [0.25, 0.3) is 0 Å². The molecule has 1 saturated carbocycles. The molecule has 34 heavy (non-hydrogen) atoms. The van der Waals surface area contributed by atoms with Crippen LogP contribution in [-0.2, 0) is 9.59 Å². The number of anilines is 1. The van der Waals surface area contributed by atoms with E-state index in [1.165, 1.54) is 6.42 Å². The third kappa shape index (κ3) is 5.68. The molecule has 178 valence electrons. The van der Waals surface area contributed by atoms with E-state index >= 15 is 0 Å². The molecule has 1 aromatic heterocycles. The van der Waals surface area contributed by atoms with Crippen molar-refractivity contribution in [2.75, 3.05) is 18.4 Å². The van der Waals surface area contributed by atoms with Gasteiger partial charge in [-0.1, -0.05) is 80.3 Å². The Bertz CT molecular complexity index is 1120. The van der Waals surface area contributed by atoms with Gasteiger partial charge in [0.15, 0.2) is 0 Å². The van der Waals surface area contributed by atoms with Gasteiger partial charge in [-0.2, -0.15) is 5.10 Å². The van der Waals surface area contributed by atoms with E-state index in [9.17, 15) is 9.59 Å². The molecule has 0 unspecified atom stereocenters. The van der Waals surface area contributed by atoms with Gasteiger partial charge in [0.05, 0.1) is 22.9 Å². The Kier molecular flexibility index (Phi) is 8.01. The number of rotatable bonds is 8. The number of nitrogens with one attached hydrogen (secondary N) is 1. The summed E-state index contributed by atoms with van der Waals surface area (Å²) in [7, 11) is 0. The van der Waals surface area contributed by atoms with Gasteiger partial charge in [-0.3, -0.25) is 9.59 Å². The Labute approximate surface area is 205 Å². The van der Waals surface area contributed by atoms with Gasteiger partial charge in [-0.05, 0) is 31.4 Å². The molecule has 0 spiro atoms. The third-order valence-electron chi connectivity index (χ3n) is 6.22. The molecule has 2 amide bonds. The number of carbonyl (C=O) groups is 2. The van der Waals surface area contributed by atoms with Crippen LogP contribution in [0.1, 0.15) is 45.4 Å². The summed E-state index contributed by atoms with van der Waals surface area (Å²) in [6, 6.07) is 19.0. The monoisotopic (exact) mass is 478 g/mol. The lowest BCUT2D eigenvalue weighted by Gasteiger charge is -2.28. The van der Waals surface area contributed by atoms with E-state index in [1.807, 2.05) is 61.5 Å². The second-order valence-electron chi connectivity index (χ2n) is 8.79. The SMILES string of the molecule is CCCN(CC(=O)Nc1cc(-c2ccccc2)nn1-c1ccccc1Cl)C(=O)C1CCCCC1. The summed E-state index contributed by atoms with van der Waals surface area (Å²) in [6.45, 7) is 2.62. The van der Waals surface area contributed by atoms with Crippen molar-refractivity contribution in [3.05, 3.63) is 65.7 Å². The van der Waals surface area contributed by atoms with Gasteiger partial charge >= 0.3 is 0 Å². The average molecular weight is 479 g/mol. The number of amides is 2. The lowest BCUT2D eigenvalue weighted by molar-refractivity contribution is -0.139. The molecule has 1 aliphatic carbocycles. The first-order chi connectivity index (χ1) is 16.6. The molecule has 1 fully saturated rings. The first-order valence-corrected chi connectivity index (χ1v) is 12.4. The molecule has 1 aliphatic rings. The van der Waals surface area contributed by atoms with Crippen LogP contribution in [0.2, 0.25) is 5.02 Å². The van der Waals surface area contributed by atoms with E-state index in [4.69, 9.17) is 16.7 Å². The van der Waals surface area contributed by atoms with Crippen LogP contribution in [0.25, 0.3) is 16.9 Å². The van der Waals surface area contributed by atoms with Crippen LogP contribution >= 0.6 is 11.6 Å². The van der Waals surface area contributed by atoms with Gasteiger partial charge in [-0.25, -0.2) is 4.68 Å². The fraction of sp³-hybridized carbons (Fsp3) is 0.370. The molecule has 0 bridgehead atoms. The number of benzene rings is 2. The highest BCUT2D eigenvalue weighted by atomic mass is 35.5. The lowest BCUT2D eigenvalue weighted by Crippen LogP contribution is -2.42. The highest BCUT2D eigenvalue weighted by Crippen LogP contribution is 2.29. The zero-order valence-corrected chi connectivity index (χ0v) is 20.3. The first-order valence-electron chi connectivity index (χ1n) is 12.1. The Morgan fingerprint density at radius 3 is 2.47 bits per heavy atom. The molecule has 6 nitrogen and oxygen atoms in total. The molecular formula is C27H31ClN4O2. The minimum atomic E-state index is -0.245. The van der Waals surface area contributed by atoms with Crippen LogP contribution in [0, 0.1) is 5.92 Å². The topological polar surface area (TPSA) is 67.2 Å². The maximum Gasteiger partial charge on any atom is 0.245 e. The highest BCUT2D eigenvalue weighted by Gasteiger charge is 2.27. The molecule has 3 aromatic rings. The van der Waals surface area contributed by atoms with Crippen LogP contribution in [0.5, 0.6) is 0 Å². The van der Waals surface area contributed by atoms with Crippen molar-refractivity contribution in [3.63, 3.8) is 0 Å². The van der Waals surface area contributed by atoms with Crippen molar-refractivity contribution in [2.45, 2.75) is 45.4 Å². The maximum atomic E-state index is 13.1. The second kappa shape index (κ2) is 11.3. The third-order valence-corrected chi connectivity index (χ3v) is 6.54. The number of aromatic nitrogens is 2. The molecule has 0 aliphatic heterocycles. The summed E-state index contributed by atoms with van der Waals surface area (Å²) in [4.78, 5) is 27.9. The van der Waals surface area contributed by atoms with Crippen LogP contribution in [0.4, 0.5) is 5.82 Å². The Balaban J connectivity index is 1.57. The van der Waals surface area contributed by atoms with Crippen molar-refractivity contribution in [1.82, 2.24) is 14.7 Å². The van der Waals surface area contributed by atoms with E-state index < -0.39 is 0 Å². The number of halogens is 1. The normalized spacial score (nSPS) is 14.1. The van der Waals surface area contributed by atoms with E-state index in [1.54, 1.807) is 15.6 Å². The predicted octanol–water partition coefficient (Wildman–Crippen LogP) is 5.95. The minimum absolute atomic E-state index is 0.0253. The molecule has 2 aromatic carbocycles. The van der Waals surface area contributed by atoms with E-state index in [0.717, 1.165) is 43.4 Å². The molecule has 4 rings (SSSR count). The van der Waals surface area contributed by atoms with Crippen LogP contribution < -0.4 is 5.32 Å². The van der Waals surface area contributed by atoms with Crippen LogP contribution in [-0.4, -0.2) is 39.6 Å². The number of hydrogen-bond acceptors (Lipinski definition) is 3. The van der Waals surface area contributed by atoms with Crippen molar-refractivity contribution >= 4 is 29.2 Å². The summed E-state index contributed by atoms with van der Waals surface area (Å²) >= 11 is 6.45. The largest absolute Gasteiger partial charge is 0.333 e. The molecule has 0 atom stereocenters. The smallest absolute Gasteiger partial charge is 0.245 e. The standard InChI is InChI=1S/C27H31ClN4O2/c1-2-17-31(27(34)21-13-7-4-8-14-21)19-26(33)29-25-18-23(20-11-5-3-6-12-20)30-32(25)24-16-10-9-15-22(24)28/h3,5-6,9-12,15-16,18,21H,2,4,7-8,13-14,17,19H2,1H3,(H,29,33). The molecule has 1 N–H and O–H groups in total. The van der Waals surface area contributed by atoms with Crippen molar-refractivity contribution < 1.29 is 9.59 Å². The average Bonchev–Trinajstić information content (AvgIpc) is 3.28. The van der Waals surface area contributed by atoms with Crippen LogP contribution in [0.3, 0.4) is 0 Å². The minimum Gasteiger partial charge on any atom is -0.333 e. The molecule has 7 heteroatoms. The Morgan fingerprint density at radius 1 is 1.06 bits per heavy atom. The summed E-state index contributed by atoms with van der Waals surface area (Å²) < 4.78 is 1.65. The zero-order valence-electron chi connectivity index (χ0n) is 19.5. The van der Waals surface area contributed by atoms with Gasteiger partial charge in [0.1, 0.15) is 5.82 Å². The second-order valence-corrected chi connectivity index (χ2v) is 9.19. The fourth-order valence-electron chi connectivity index (χ4n) is 4.53. The van der Waals surface area contributed by atoms with Crippen molar-refractivity contribution in [2.24, 2.45) is 5.92 Å². The van der Waals surface area contributed by atoms with E-state index in [2.05, 4.69) is 5.32 Å². The van der Waals surface area contributed by atoms with Gasteiger partial charge < -0.3 is 10.2 Å². The quantitative estimate of drug-likeness (QED) is 0.435. The van der Waals surface area contributed by atoms with Crippen molar-refractivity contribution in [3.8, 4) is 16.9 Å². The molecule has 1 heterocycles. The number of para-hydroxylation sites is 1. The van der Waals surface area contributed by atoms with E-state index in [-0.39, 0.29) is 24.3 Å². The number of hydrogen-bond donors (Lipinski definition) is 1. The summed E-state index contributed by atoms with van der Waals surface area (Å²) in [5.74, 6) is 0.400. The Morgan fingerprint density at radius 2 is 1.76 bits per heavy atom. The first kappa shape index (κ1) is 24.0. The highest BCUT2D eigenvalue weighted by molar-refractivity contribution is 6.32. The summed E-state index contributed by atoms with van der Waals surface area (Å²) in [5.41, 5.74) is 2.33. The van der Waals surface area contributed by atoms with Gasteiger partial charge in [0.2, 0.25) is 11.8 Å². The van der Waals surface area contributed by atoms with E-state index in [0.29, 0.717) is 23.1 Å². The van der Waals surface area contributed by atoms with Crippen LogP contribution in [0.15, 0.2) is 60.7 Å². The number of nitrogens with zero attached hydrogens (tertiary/aromatic N) is 3. The molecule has 0 saturated heterocycles. The molecule has 0 radical (unpaired) electrons. The number of carbonyl (C=O) groups excluding carboxylic acids is 2. The molecular weight excluding hydrogens is 448 g/mol. The van der Waals surface area contributed by atoms with Crippen molar-refractivity contribution in [1.29, 1.82) is 0 Å². The van der Waals surface area contributed by atoms with Gasteiger partial charge in [-0.15, -0.1) is 0 Å². The zero-order chi connectivity index (χ0) is 23.9. The summed E-state index contributed by atoms with van der Waals surface area (Å²) in [6.07, 6.45) is 6.00. The fourth-order valence-corrected chi connectivity index (χ4v) is 4.74. The Hall–Kier alpha value is -3.12. The predicted molar refractivity (Wildman–Crippen MR) is 136 cm³/mol.